The zero-order valence-electron chi connectivity index (χ0n) is 30.3. The molecular weight excluding hydrogens is 652 g/mol. The molecule has 2 N–H and O–H groups in total. The number of amides is 2. The molecule has 1 atom stereocenters. The van der Waals surface area contributed by atoms with E-state index in [-0.39, 0.29) is 51.2 Å². The fraction of sp³-hybridized carbons (Fsp3) is 0.829. The zero-order chi connectivity index (χ0) is 37.0. The van der Waals surface area contributed by atoms with Crippen molar-refractivity contribution in [3.63, 3.8) is 0 Å². The SMILES string of the molecule is CCC(COC(=O)CCCCCCCNC(=O)OCCOC)(COC(=O)CCCCCCCOC#N)COC(=O)NCCCCCCN=C=O. The number of hydrogen-bond donors (Lipinski definition) is 2. The van der Waals surface area contributed by atoms with Gasteiger partial charge in [-0.3, -0.25) is 9.59 Å². The Morgan fingerprint density at radius 1 is 0.640 bits per heavy atom. The van der Waals surface area contributed by atoms with Crippen LogP contribution in [0.3, 0.4) is 0 Å². The van der Waals surface area contributed by atoms with E-state index in [0.29, 0.717) is 52.1 Å². The Morgan fingerprint density at radius 3 is 1.68 bits per heavy atom. The van der Waals surface area contributed by atoms with Crippen LogP contribution < -0.4 is 10.6 Å². The number of rotatable bonds is 33. The molecule has 0 aromatic carbocycles. The van der Waals surface area contributed by atoms with Gasteiger partial charge in [-0.2, -0.15) is 5.26 Å². The van der Waals surface area contributed by atoms with Crippen LogP contribution in [0.25, 0.3) is 0 Å². The maximum atomic E-state index is 12.6. The van der Waals surface area contributed by atoms with E-state index in [1.807, 2.05) is 6.92 Å². The predicted octanol–water partition coefficient (Wildman–Crippen LogP) is 5.64. The largest absolute Gasteiger partial charge is 0.465 e. The molecule has 0 saturated carbocycles. The summed E-state index contributed by atoms with van der Waals surface area (Å²) >= 11 is 0. The summed E-state index contributed by atoms with van der Waals surface area (Å²) in [6.07, 6.45) is 14.4. The molecule has 0 saturated heterocycles. The number of nitrogens with zero attached hydrogens (tertiary/aromatic N) is 2. The van der Waals surface area contributed by atoms with Crippen LogP contribution in [-0.2, 0) is 42.8 Å². The Hall–Kier alpha value is -3.89. The number of nitriles is 1. The van der Waals surface area contributed by atoms with Crippen LogP contribution >= 0.6 is 0 Å². The van der Waals surface area contributed by atoms with E-state index < -0.39 is 17.6 Å². The van der Waals surface area contributed by atoms with Gasteiger partial charge in [-0.1, -0.05) is 58.3 Å². The van der Waals surface area contributed by atoms with E-state index >= 15 is 0 Å². The number of ether oxygens (including phenoxy) is 6. The number of alkyl carbamates (subject to hydrolysis) is 2. The molecule has 0 aliphatic rings. The lowest BCUT2D eigenvalue weighted by Gasteiger charge is -2.31. The second-order valence-electron chi connectivity index (χ2n) is 12.1. The minimum Gasteiger partial charge on any atom is -0.465 e. The van der Waals surface area contributed by atoms with Gasteiger partial charge < -0.3 is 39.1 Å². The van der Waals surface area contributed by atoms with Gasteiger partial charge in [-0.25, -0.2) is 19.4 Å². The summed E-state index contributed by atoms with van der Waals surface area (Å²) in [5, 5.41) is 13.8. The Balaban J connectivity index is 4.67. The van der Waals surface area contributed by atoms with Crippen molar-refractivity contribution in [2.45, 2.75) is 116 Å². The van der Waals surface area contributed by atoms with Crippen molar-refractivity contribution in [3.05, 3.63) is 0 Å². The van der Waals surface area contributed by atoms with Gasteiger partial charge in [0.1, 0.15) is 33.0 Å². The van der Waals surface area contributed by atoms with Crippen LogP contribution in [0.15, 0.2) is 4.99 Å². The fourth-order valence-electron chi connectivity index (χ4n) is 4.62. The summed E-state index contributed by atoms with van der Waals surface area (Å²) < 4.78 is 31.1. The second kappa shape index (κ2) is 33.6. The minimum atomic E-state index is -0.903. The van der Waals surface area contributed by atoms with Crippen molar-refractivity contribution in [2.75, 3.05) is 66.4 Å². The Labute approximate surface area is 297 Å². The summed E-state index contributed by atoms with van der Waals surface area (Å²) in [7, 11) is 1.53. The Kier molecular flexibility index (Phi) is 31.0. The van der Waals surface area contributed by atoms with Gasteiger partial charge in [-0.15, -0.1) is 0 Å². The summed E-state index contributed by atoms with van der Waals surface area (Å²) in [6.45, 7) is 3.97. The van der Waals surface area contributed by atoms with Gasteiger partial charge in [0.05, 0.1) is 18.6 Å². The smallest absolute Gasteiger partial charge is 0.407 e. The lowest BCUT2D eigenvalue weighted by atomic mass is 9.88. The average Bonchev–Trinajstić information content (AvgIpc) is 3.11. The number of isocyanates is 1. The molecule has 0 radical (unpaired) electrons. The molecule has 0 spiro atoms. The third-order valence-corrected chi connectivity index (χ3v) is 7.91. The Bertz CT molecular complexity index is 1000. The van der Waals surface area contributed by atoms with E-state index in [1.54, 1.807) is 6.26 Å². The molecule has 0 bridgehead atoms. The van der Waals surface area contributed by atoms with Gasteiger partial charge in [0.15, 0.2) is 0 Å². The third kappa shape index (κ3) is 29.1. The van der Waals surface area contributed by atoms with Crippen molar-refractivity contribution in [1.82, 2.24) is 10.6 Å². The highest BCUT2D eigenvalue weighted by atomic mass is 16.6. The topological polar surface area (TPSA) is 201 Å². The minimum absolute atomic E-state index is 0.0639. The number of carbonyl (C=O) groups excluding carboxylic acids is 5. The van der Waals surface area contributed by atoms with Gasteiger partial charge in [0, 0.05) is 33.0 Å². The van der Waals surface area contributed by atoms with Crippen molar-refractivity contribution >= 4 is 30.2 Å². The van der Waals surface area contributed by atoms with E-state index in [2.05, 4.69) is 20.4 Å². The maximum Gasteiger partial charge on any atom is 0.407 e. The molecule has 0 aromatic heterocycles. The molecule has 286 valence electrons. The molecule has 1 unspecified atom stereocenters. The monoisotopic (exact) mass is 712 g/mol. The molecule has 0 aliphatic carbocycles. The van der Waals surface area contributed by atoms with Crippen molar-refractivity contribution in [2.24, 2.45) is 10.4 Å². The molecule has 2 amide bonds. The highest BCUT2D eigenvalue weighted by molar-refractivity contribution is 5.70. The number of hydrogen-bond acceptors (Lipinski definition) is 13. The van der Waals surface area contributed by atoms with Crippen LogP contribution in [-0.4, -0.2) is 96.6 Å². The lowest BCUT2D eigenvalue weighted by Crippen LogP contribution is -2.40. The number of methoxy groups -OCH3 is 1. The lowest BCUT2D eigenvalue weighted by molar-refractivity contribution is -0.156. The standard InChI is InChI=1S/C35H60N4O11/c1-3-35(27-49-32(42)19-13-7-5-11-17-23-46-29-36,28-50-34(44)39-22-16-10-9-14-20-37-30-40)26-48-31(41)18-12-6-4-8-15-21-38-33(43)47-25-24-45-2/h3-28H2,1-2H3,(H,38,43)(H,39,44). The van der Waals surface area contributed by atoms with E-state index in [1.165, 1.54) is 13.2 Å². The van der Waals surface area contributed by atoms with Crippen LogP contribution in [0.1, 0.15) is 116 Å². The summed E-state index contributed by atoms with van der Waals surface area (Å²) in [6, 6.07) is 0. The van der Waals surface area contributed by atoms with Gasteiger partial charge in [-0.05, 0) is 44.9 Å². The first-order chi connectivity index (χ1) is 24.3. The molecule has 0 fully saturated rings. The normalized spacial score (nSPS) is 11.6. The van der Waals surface area contributed by atoms with Crippen molar-refractivity contribution in [3.8, 4) is 6.26 Å². The number of carbonyl (C=O) groups is 4. The molecule has 0 rings (SSSR count). The third-order valence-electron chi connectivity index (χ3n) is 7.91. The van der Waals surface area contributed by atoms with Crippen molar-refractivity contribution < 1.29 is 52.4 Å². The first-order valence-corrected chi connectivity index (χ1v) is 18.0. The van der Waals surface area contributed by atoms with E-state index in [9.17, 15) is 24.0 Å². The highest BCUT2D eigenvalue weighted by Crippen LogP contribution is 2.25. The molecule has 15 nitrogen and oxygen atoms in total. The van der Waals surface area contributed by atoms with Crippen LogP contribution in [0.5, 0.6) is 0 Å². The van der Waals surface area contributed by atoms with E-state index in [4.69, 9.17) is 28.9 Å². The molecular formula is C35H60N4O11. The quantitative estimate of drug-likeness (QED) is 0.0212. The van der Waals surface area contributed by atoms with Crippen LogP contribution in [0, 0.1) is 16.9 Å². The molecule has 0 aliphatic heterocycles. The number of unbranched alkanes of at least 4 members (excludes halogenated alkanes) is 11. The molecule has 0 aromatic rings. The van der Waals surface area contributed by atoms with Gasteiger partial charge in [0.2, 0.25) is 6.08 Å². The van der Waals surface area contributed by atoms with Gasteiger partial charge >= 0.3 is 24.1 Å². The number of nitrogens with one attached hydrogen (secondary N) is 2. The first kappa shape index (κ1) is 46.1. The van der Waals surface area contributed by atoms with Crippen molar-refractivity contribution in [1.29, 1.82) is 5.26 Å². The molecule has 50 heavy (non-hydrogen) atoms. The predicted molar refractivity (Wildman–Crippen MR) is 184 cm³/mol. The molecule has 0 heterocycles. The second-order valence-corrected chi connectivity index (χ2v) is 12.1. The summed E-state index contributed by atoms with van der Waals surface area (Å²) in [5.74, 6) is -0.749. The van der Waals surface area contributed by atoms with Gasteiger partial charge in [0.25, 0.3) is 6.26 Å². The average molecular weight is 713 g/mol. The summed E-state index contributed by atoms with van der Waals surface area (Å²) in [4.78, 5) is 62.7. The molecule has 15 heteroatoms. The first-order valence-electron chi connectivity index (χ1n) is 18.0. The summed E-state index contributed by atoms with van der Waals surface area (Å²) in [5.41, 5.74) is -0.903. The zero-order valence-corrected chi connectivity index (χ0v) is 30.3. The van der Waals surface area contributed by atoms with E-state index in [0.717, 1.165) is 77.0 Å². The highest BCUT2D eigenvalue weighted by Gasteiger charge is 2.34. The maximum absolute atomic E-state index is 12.6. The van der Waals surface area contributed by atoms with Crippen LogP contribution in [0.4, 0.5) is 9.59 Å². The Morgan fingerprint density at radius 2 is 1.14 bits per heavy atom. The number of aliphatic imine (C=N–C) groups is 1. The fourth-order valence-corrected chi connectivity index (χ4v) is 4.62. The number of esters is 2. The van der Waals surface area contributed by atoms with Crippen LogP contribution in [0.2, 0.25) is 0 Å².